The maximum absolute atomic E-state index is 13.2. The normalized spacial score (nSPS) is 18.4. The number of anilines is 1. The van der Waals surface area contributed by atoms with Crippen LogP contribution in [0.3, 0.4) is 0 Å². The van der Waals surface area contributed by atoms with Crippen molar-refractivity contribution >= 4 is 27.5 Å². The first kappa shape index (κ1) is 24.2. The van der Waals surface area contributed by atoms with Gasteiger partial charge in [-0.1, -0.05) is 24.3 Å². The average Bonchev–Trinajstić information content (AvgIpc) is 3.36. The molecule has 1 unspecified atom stereocenters. The number of fused-ring (bicyclic) bond motifs is 1. The van der Waals surface area contributed by atoms with Crippen LogP contribution in [0.5, 0.6) is 5.75 Å². The van der Waals surface area contributed by atoms with Crippen LogP contribution < -0.4 is 10.1 Å². The topological polar surface area (TPSA) is 96.0 Å². The third-order valence-corrected chi connectivity index (χ3v) is 8.33. The van der Waals surface area contributed by atoms with Crippen molar-refractivity contribution in [3.8, 4) is 5.75 Å². The molecule has 0 spiro atoms. The minimum absolute atomic E-state index is 0.0578. The number of carbonyl (C=O) groups is 2. The maximum atomic E-state index is 13.2. The van der Waals surface area contributed by atoms with Crippen LogP contribution in [-0.2, 0) is 26.0 Å². The Morgan fingerprint density at radius 2 is 1.82 bits per heavy atom. The van der Waals surface area contributed by atoms with Crippen LogP contribution in [0.2, 0.25) is 0 Å². The molecule has 4 rings (SSSR count). The zero-order valence-electron chi connectivity index (χ0n) is 19.6. The highest BCUT2D eigenvalue weighted by molar-refractivity contribution is 7.89. The second-order valence-corrected chi connectivity index (χ2v) is 10.5. The summed E-state index contributed by atoms with van der Waals surface area (Å²) >= 11 is 0. The summed E-state index contributed by atoms with van der Waals surface area (Å²) in [4.78, 5) is 27.1. The molecule has 1 atom stereocenters. The molecule has 0 aliphatic carbocycles. The molecule has 2 aliphatic rings. The predicted octanol–water partition coefficient (Wildman–Crippen LogP) is 3.34. The molecule has 2 aromatic rings. The van der Waals surface area contributed by atoms with Crippen molar-refractivity contribution in [1.82, 2.24) is 9.21 Å². The minimum Gasteiger partial charge on any atom is -0.492 e. The Bertz CT molecular complexity index is 1170. The lowest BCUT2D eigenvalue weighted by molar-refractivity contribution is -0.132. The van der Waals surface area contributed by atoms with Crippen molar-refractivity contribution < 1.29 is 22.7 Å². The van der Waals surface area contributed by atoms with E-state index in [-0.39, 0.29) is 34.9 Å². The number of hydrogen-bond acceptors (Lipinski definition) is 5. The second kappa shape index (κ2) is 10.1. The van der Waals surface area contributed by atoms with Crippen molar-refractivity contribution in [2.45, 2.75) is 50.5 Å². The molecule has 182 valence electrons. The smallest absolute Gasteiger partial charge is 0.246 e. The number of amides is 2. The van der Waals surface area contributed by atoms with E-state index < -0.39 is 10.0 Å². The number of hydrogen-bond donors (Lipinski definition) is 1. The first-order valence-corrected chi connectivity index (χ1v) is 13.2. The van der Waals surface area contributed by atoms with Gasteiger partial charge in [0, 0.05) is 32.2 Å². The van der Waals surface area contributed by atoms with Gasteiger partial charge >= 0.3 is 0 Å². The van der Waals surface area contributed by atoms with Gasteiger partial charge in [-0.15, -0.1) is 0 Å². The lowest BCUT2D eigenvalue weighted by Gasteiger charge is -2.36. The number of nitrogens with one attached hydrogen (secondary N) is 1. The van der Waals surface area contributed by atoms with Gasteiger partial charge in [0.1, 0.15) is 10.6 Å². The molecule has 1 saturated heterocycles. The lowest BCUT2D eigenvalue weighted by atomic mass is 9.90. The quantitative estimate of drug-likeness (QED) is 0.649. The van der Waals surface area contributed by atoms with Gasteiger partial charge in [0.15, 0.2) is 0 Å². The summed E-state index contributed by atoms with van der Waals surface area (Å²) in [5, 5.41) is 2.84. The van der Waals surface area contributed by atoms with Crippen LogP contribution >= 0.6 is 0 Å². The molecule has 34 heavy (non-hydrogen) atoms. The van der Waals surface area contributed by atoms with Gasteiger partial charge < -0.3 is 15.0 Å². The number of carbonyl (C=O) groups excluding carboxylic acids is 2. The Hall–Kier alpha value is -2.91. The van der Waals surface area contributed by atoms with Gasteiger partial charge in [-0.25, -0.2) is 8.42 Å². The average molecular weight is 486 g/mol. The van der Waals surface area contributed by atoms with Crippen molar-refractivity contribution in [2.24, 2.45) is 0 Å². The summed E-state index contributed by atoms with van der Waals surface area (Å²) in [5.41, 5.74) is 2.49. The largest absolute Gasteiger partial charge is 0.492 e. The summed E-state index contributed by atoms with van der Waals surface area (Å²) in [6.45, 7) is 5.16. The molecule has 8 nitrogen and oxygen atoms in total. The monoisotopic (exact) mass is 485 g/mol. The Morgan fingerprint density at radius 1 is 1.09 bits per heavy atom. The van der Waals surface area contributed by atoms with E-state index in [1.165, 1.54) is 17.3 Å². The van der Waals surface area contributed by atoms with E-state index in [0.717, 1.165) is 30.4 Å². The summed E-state index contributed by atoms with van der Waals surface area (Å²) in [6, 6.07) is 12.2. The predicted molar refractivity (Wildman–Crippen MR) is 129 cm³/mol. The molecule has 1 N–H and O–H groups in total. The van der Waals surface area contributed by atoms with Crippen LogP contribution in [0, 0.1) is 0 Å². The highest BCUT2D eigenvalue weighted by atomic mass is 32.2. The lowest BCUT2D eigenvalue weighted by Crippen LogP contribution is -2.40. The molecule has 0 radical (unpaired) electrons. The van der Waals surface area contributed by atoms with Gasteiger partial charge in [0.25, 0.3) is 0 Å². The van der Waals surface area contributed by atoms with Crippen LogP contribution in [0.25, 0.3) is 0 Å². The Morgan fingerprint density at radius 3 is 2.53 bits per heavy atom. The fourth-order valence-corrected chi connectivity index (χ4v) is 6.44. The first-order valence-electron chi connectivity index (χ1n) is 11.7. The van der Waals surface area contributed by atoms with E-state index >= 15 is 0 Å². The summed E-state index contributed by atoms with van der Waals surface area (Å²) in [5.74, 6) is -0.0923. The molecular weight excluding hydrogens is 454 g/mol. The second-order valence-electron chi connectivity index (χ2n) is 8.64. The van der Waals surface area contributed by atoms with E-state index in [9.17, 15) is 18.0 Å². The highest BCUT2D eigenvalue weighted by Crippen LogP contribution is 2.34. The van der Waals surface area contributed by atoms with E-state index in [1.807, 2.05) is 24.3 Å². The zero-order valence-corrected chi connectivity index (χ0v) is 20.4. The summed E-state index contributed by atoms with van der Waals surface area (Å²) in [6.07, 6.45) is 2.49. The Balaban J connectivity index is 1.58. The molecule has 9 heteroatoms. The molecule has 2 amide bonds. The highest BCUT2D eigenvalue weighted by Gasteiger charge is 2.32. The van der Waals surface area contributed by atoms with E-state index in [4.69, 9.17) is 4.74 Å². The molecule has 2 aliphatic heterocycles. The number of benzene rings is 2. The molecule has 1 fully saturated rings. The number of nitrogens with zero attached hydrogens (tertiary/aromatic N) is 2. The minimum atomic E-state index is -3.73. The van der Waals surface area contributed by atoms with E-state index in [0.29, 0.717) is 31.9 Å². The van der Waals surface area contributed by atoms with Crippen LogP contribution in [0.15, 0.2) is 47.4 Å². The molecule has 2 aromatic carbocycles. The van der Waals surface area contributed by atoms with Crippen molar-refractivity contribution in [1.29, 1.82) is 0 Å². The van der Waals surface area contributed by atoms with Gasteiger partial charge in [-0.05, 0) is 55.5 Å². The number of ether oxygens (including phenoxy) is 1. The SMILES string of the molecule is CCOc1ccc(NC(=O)CC2c3ccccc3CCN2C(C)=O)cc1S(=O)(=O)N1CCCC1. The van der Waals surface area contributed by atoms with Crippen molar-refractivity contribution in [3.05, 3.63) is 53.6 Å². The van der Waals surface area contributed by atoms with E-state index in [2.05, 4.69) is 5.32 Å². The maximum Gasteiger partial charge on any atom is 0.246 e. The van der Waals surface area contributed by atoms with Gasteiger partial charge in [0.2, 0.25) is 21.8 Å². The van der Waals surface area contributed by atoms with E-state index in [1.54, 1.807) is 24.0 Å². The zero-order chi connectivity index (χ0) is 24.3. The van der Waals surface area contributed by atoms with Crippen LogP contribution in [0.4, 0.5) is 5.69 Å². The number of sulfonamides is 1. The van der Waals surface area contributed by atoms with Crippen LogP contribution in [-0.4, -0.2) is 55.7 Å². The molecular formula is C25H31N3O5S. The Kier molecular flexibility index (Phi) is 7.23. The molecule has 0 aromatic heterocycles. The number of rotatable bonds is 7. The van der Waals surface area contributed by atoms with Gasteiger partial charge in [-0.2, -0.15) is 4.31 Å². The summed E-state index contributed by atoms with van der Waals surface area (Å²) < 4.78 is 33.5. The third-order valence-electron chi connectivity index (χ3n) is 6.41. The van der Waals surface area contributed by atoms with Crippen molar-refractivity contribution in [2.75, 3.05) is 31.6 Å². The fourth-order valence-electron chi connectivity index (χ4n) is 4.77. The fraction of sp³-hybridized carbons (Fsp3) is 0.440. The van der Waals surface area contributed by atoms with Crippen molar-refractivity contribution in [3.63, 3.8) is 0 Å². The molecule has 0 saturated carbocycles. The summed E-state index contributed by atoms with van der Waals surface area (Å²) in [7, 11) is -3.73. The van der Waals surface area contributed by atoms with Gasteiger partial charge in [0.05, 0.1) is 19.1 Å². The van der Waals surface area contributed by atoms with Gasteiger partial charge in [-0.3, -0.25) is 9.59 Å². The third kappa shape index (κ3) is 4.95. The molecule has 2 heterocycles. The Labute approximate surface area is 200 Å². The van der Waals surface area contributed by atoms with Crippen LogP contribution in [0.1, 0.15) is 50.3 Å². The molecule has 0 bridgehead atoms. The first-order chi connectivity index (χ1) is 16.3. The standard InChI is InChI=1S/C25H31N3O5S/c1-3-33-23-11-10-20(16-24(23)34(31,32)27-13-6-7-14-27)26-25(30)17-22-21-9-5-4-8-19(21)12-15-28(22)18(2)29/h4-5,8-11,16,22H,3,6-7,12-15,17H2,1-2H3,(H,26,30).